The van der Waals surface area contributed by atoms with Crippen molar-refractivity contribution in [2.45, 2.75) is 19.4 Å². The van der Waals surface area contributed by atoms with Crippen molar-refractivity contribution in [1.82, 2.24) is 9.55 Å². The van der Waals surface area contributed by atoms with E-state index < -0.39 is 11.9 Å². The molecular weight excluding hydrogens is 690 g/mol. The molecule has 0 saturated heterocycles. The molecule has 0 unspecified atom stereocenters. The molecule has 0 saturated carbocycles. The Kier molecular flexibility index (Phi) is 14.1. The second kappa shape index (κ2) is 19.3. The van der Waals surface area contributed by atoms with Crippen LogP contribution in [0, 0.1) is 0 Å². The fourth-order valence-electron chi connectivity index (χ4n) is 5.91. The summed E-state index contributed by atoms with van der Waals surface area (Å²) in [6, 6.07) is 27.4. The predicted molar refractivity (Wildman–Crippen MR) is 204 cm³/mol. The molecule has 0 radical (unpaired) electrons. The number of carbonyl (C=O) groups excluding carboxylic acids is 3. The molecule has 0 atom stereocenters. The van der Waals surface area contributed by atoms with Gasteiger partial charge in [0.15, 0.2) is 5.78 Å². The number of carbonyl (C=O) groups is 3. The van der Waals surface area contributed by atoms with E-state index in [2.05, 4.69) is 0 Å². The number of rotatable bonds is 19. The Morgan fingerprint density at radius 3 is 1.72 bits per heavy atom. The van der Waals surface area contributed by atoms with E-state index in [9.17, 15) is 14.4 Å². The predicted octanol–water partition coefficient (Wildman–Crippen LogP) is 6.48. The highest BCUT2D eigenvalue weighted by atomic mass is 16.5. The lowest BCUT2D eigenvalue weighted by atomic mass is 10.0. The Morgan fingerprint density at radius 1 is 0.630 bits per heavy atom. The number of aromatic nitrogens is 2. The quantitative estimate of drug-likeness (QED) is 0.0564. The van der Waals surface area contributed by atoms with Crippen LogP contribution in [0.5, 0.6) is 11.5 Å². The molecule has 0 spiro atoms. The number of hydrogen-bond acceptors (Lipinski definition) is 11. The zero-order valence-electron chi connectivity index (χ0n) is 31.0. The molecular formula is C42H45N3O9. The summed E-state index contributed by atoms with van der Waals surface area (Å²) in [5, 5.41) is 0. The van der Waals surface area contributed by atoms with Crippen molar-refractivity contribution < 1.29 is 42.8 Å². The minimum Gasteiger partial charge on any atom is -0.497 e. The van der Waals surface area contributed by atoms with Crippen LogP contribution in [0.3, 0.4) is 0 Å². The Bertz CT molecular complexity index is 1990. The number of benzene rings is 4. The van der Waals surface area contributed by atoms with Gasteiger partial charge in [0.1, 0.15) is 17.3 Å². The summed E-state index contributed by atoms with van der Waals surface area (Å²) in [5.41, 5.74) is 10.8. The second-order valence-electron chi connectivity index (χ2n) is 12.2. The van der Waals surface area contributed by atoms with Crippen LogP contribution in [0.25, 0.3) is 33.9 Å². The first-order chi connectivity index (χ1) is 26.3. The van der Waals surface area contributed by atoms with E-state index in [-0.39, 0.29) is 16.9 Å². The minimum absolute atomic E-state index is 0.0172. The average molecular weight is 736 g/mol. The van der Waals surface area contributed by atoms with Gasteiger partial charge in [-0.2, -0.15) is 0 Å². The topological polar surface area (TPSA) is 150 Å². The van der Waals surface area contributed by atoms with Gasteiger partial charge in [0.05, 0.1) is 70.8 Å². The summed E-state index contributed by atoms with van der Waals surface area (Å²) in [7, 11) is 5.77. The van der Waals surface area contributed by atoms with Gasteiger partial charge in [-0.1, -0.05) is 24.3 Å². The highest BCUT2D eigenvalue weighted by Gasteiger charge is 2.24. The van der Waals surface area contributed by atoms with E-state index in [1.54, 1.807) is 26.4 Å². The van der Waals surface area contributed by atoms with Crippen molar-refractivity contribution in [3.8, 4) is 45.4 Å². The number of methoxy groups -OCH3 is 4. The lowest BCUT2D eigenvalue weighted by Gasteiger charge is -2.15. The fraction of sp³-hybridized carbons (Fsp3) is 0.286. The molecule has 1 aromatic heterocycles. The maximum Gasteiger partial charge on any atom is 0.337 e. The first kappa shape index (κ1) is 39.4. The molecule has 0 aliphatic carbocycles. The Balaban J connectivity index is 1.57. The molecule has 282 valence electrons. The molecule has 0 aliphatic rings. The first-order valence-corrected chi connectivity index (χ1v) is 17.5. The van der Waals surface area contributed by atoms with E-state index in [4.69, 9.17) is 39.1 Å². The third kappa shape index (κ3) is 9.78. The van der Waals surface area contributed by atoms with Crippen LogP contribution in [-0.4, -0.2) is 88.7 Å². The fourth-order valence-corrected chi connectivity index (χ4v) is 5.91. The molecule has 2 N–H and O–H groups in total. The van der Waals surface area contributed by atoms with Crippen LogP contribution in [0.15, 0.2) is 91.0 Å². The van der Waals surface area contributed by atoms with Gasteiger partial charge in [-0.3, -0.25) is 4.79 Å². The summed E-state index contributed by atoms with van der Waals surface area (Å²) in [5.74, 6) is 0.643. The van der Waals surface area contributed by atoms with Gasteiger partial charge in [0.25, 0.3) is 0 Å². The van der Waals surface area contributed by atoms with E-state index in [1.807, 2.05) is 77.4 Å². The molecule has 1 heterocycles. The van der Waals surface area contributed by atoms with Gasteiger partial charge in [-0.25, -0.2) is 14.6 Å². The Labute approximate surface area is 314 Å². The van der Waals surface area contributed by atoms with Gasteiger partial charge in [0, 0.05) is 48.4 Å². The molecule has 0 amide bonds. The van der Waals surface area contributed by atoms with Gasteiger partial charge >= 0.3 is 11.9 Å². The summed E-state index contributed by atoms with van der Waals surface area (Å²) in [6.45, 7) is 2.66. The third-order valence-electron chi connectivity index (χ3n) is 8.67. The summed E-state index contributed by atoms with van der Waals surface area (Å²) in [6.07, 6.45) is 0.938. The maximum absolute atomic E-state index is 13.0. The Hall–Kier alpha value is -5.82. The van der Waals surface area contributed by atoms with Gasteiger partial charge < -0.3 is 38.7 Å². The lowest BCUT2D eigenvalue weighted by Crippen LogP contribution is -2.12. The molecule has 5 rings (SSSR count). The average Bonchev–Trinajstić information content (AvgIpc) is 3.59. The summed E-state index contributed by atoms with van der Waals surface area (Å²) < 4.78 is 33.9. The molecule has 0 bridgehead atoms. The molecule has 0 aliphatic heterocycles. The number of hydrogen-bond donors (Lipinski definition) is 1. The monoisotopic (exact) mass is 735 g/mol. The maximum atomic E-state index is 13.0. The molecule has 54 heavy (non-hydrogen) atoms. The smallest absolute Gasteiger partial charge is 0.337 e. The van der Waals surface area contributed by atoms with Crippen LogP contribution in [-0.2, 0) is 25.5 Å². The number of nitrogens with two attached hydrogens (primary N) is 1. The van der Waals surface area contributed by atoms with E-state index in [0.29, 0.717) is 86.5 Å². The Morgan fingerprint density at radius 2 is 1.19 bits per heavy atom. The third-order valence-corrected chi connectivity index (χ3v) is 8.67. The van der Waals surface area contributed by atoms with Crippen LogP contribution >= 0.6 is 0 Å². The lowest BCUT2D eigenvalue weighted by molar-refractivity contribution is 0.0489. The zero-order chi connectivity index (χ0) is 38.5. The minimum atomic E-state index is -0.616. The molecule has 5 aromatic rings. The highest BCUT2D eigenvalue weighted by Crippen LogP contribution is 2.38. The SMILES string of the molecule is COC(=O)c1cc(C(=O)OC)cc(-c2nc(-c3ccc(OC)cc3)c(-c3ccc(OC)cc3)n2Cc2ccc(C(=O)CCCOCCOCCN)cc2)c1. The van der Waals surface area contributed by atoms with Crippen molar-refractivity contribution >= 4 is 17.7 Å². The number of imidazole rings is 1. The number of ether oxygens (including phenoxy) is 6. The second-order valence-corrected chi connectivity index (χ2v) is 12.2. The number of esters is 2. The number of nitrogens with zero attached hydrogens (tertiary/aromatic N) is 2. The summed E-state index contributed by atoms with van der Waals surface area (Å²) >= 11 is 0. The van der Waals surface area contributed by atoms with Crippen LogP contribution < -0.4 is 15.2 Å². The van der Waals surface area contributed by atoms with Crippen molar-refractivity contribution in [2.75, 3.05) is 61.4 Å². The first-order valence-electron chi connectivity index (χ1n) is 17.5. The van der Waals surface area contributed by atoms with Crippen molar-refractivity contribution in [3.05, 3.63) is 113 Å². The van der Waals surface area contributed by atoms with Crippen LogP contribution in [0.1, 0.15) is 49.5 Å². The van der Waals surface area contributed by atoms with Crippen molar-refractivity contribution in [2.24, 2.45) is 5.73 Å². The van der Waals surface area contributed by atoms with Crippen LogP contribution in [0.4, 0.5) is 0 Å². The molecule has 12 heteroatoms. The van der Waals surface area contributed by atoms with E-state index in [0.717, 1.165) is 22.4 Å². The van der Waals surface area contributed by atoms with Gasteiger partial charge in [-0.15, -0.1) is 0 Å². The normalized spacial score (nSPS) is 10.9. The van der Waals surface area contributed by atoms with Crippen molar-refractivity contribution in [3.63, 3.8) is 0 Å². The van der Waals surface area contributed by atoms with E-state index in [1.165, 1.54) is 20.3 Å². The molecule has 4 aromatic carbocycles. The molecule has 12 nitrogen and oxygen atoms in total. The zero-order valence-corrected chi connectivity index (χ0v) is 31.0. The number of ketones is 1. The van der Waals surface area contributed by atoms with E-state index >= 15 is 0 Å². The largest absolute Gasteiger partial charge is 0.497 e. The standard InChI is InChI=1S/C42H45N3O9/c1-49-35-15-11-30(12-16-35)38-39(31-13-17-36(50-2)18-14-31)45(40(44-38)32-24-33(41(47)51-3)26-34(25-32)42(48)52-4)27-28-7-9-29(10-8-28)37(46)6-5-20-53-22-23-54-21-19-43/h7-18,24-26H,5-6,19-23,27,43H2,1-4H3. The molecule has 0 fully saturated rings. The van der Waals surface area contributed by atoms with Gasteiger partial charge in [0.2, 0.25) is 0 Å². The number of Topliss-reactive ketones (excluding diaryl/α,β-unsaturated/α-hetero) is 1. The van der Waals surface area contributed by atoms with Crippen LogP contribution in [0.2, 0.25) is 0 Å². The van der Waals surface area contributed by atoms with Gasteiger partial charge in [-0.05, 0) is 78.7 Å². The van der Waals surface area contributed by atoms with Crippen molar-refractivity contribution in [1.29, 1.82) is 0 Å². The highest BCUT2D eigenvalue weighted by molar-refractivity contribution is 5.98. The summed E-state index contributed by atoms with van der Waals surface area (Å²) in [4.78, 5) is 43.9.